The number of nitrogens with one attached hydrogen (secondary N) is 1. The predicted octanol–water partition coefficient (Wildman–Crippen LogP) is 2.88. The van der Waals surface area contributed by atoms with Crippen LogP contribution in [0, 0.1) is 12.7 Å². The lowest BCUT2D eigenvalue weighted by molar-refractivity contribution is 0.199. The summed E-state index contributed by atoms with van der Waals surface area (Å²) in [4.78, 5) is 4.32. The van der Waals surface area contributed by atoms with Gasteiger partial charge in [-0.05, 0) is 25.1 Å². The molecule has 0 saturated heterocycles. The van der Waals surface area contributed by atoms with Gasteiger partial charge in [0.1, 0.15) is 11.6 Å². The highest BCUT2D eigenvalue weighted by molar-refractivity contribution is 9.10. The zero-order valence-corrected chi connectivity index (χ0v) is 13.8. The van der Waals surface area contributed by atoms with Crippen molar-refractivity contribution in [2.45, 2.75) is 20.0 Å². The van der Waals surface area contributed by atoms with Crippen molar-refractivity contribution in [3.8, 4) is 0 Å². The summed E-state index contributed by atoms with van der Waals surface area (Å²) in [5, 5.41) is 3.28. The molecular formula is C15H19BrFN3O. The van der Waals surface area contributed by atoms with E-state index >= 15 is 0 Å². The summed E-state index contributed by atoms with van der Waals surface area (Å²) >= 11 is 3.38. The summed E-state index contributed by atoms with van der Waals surface area (Å²) < 4.78 is 21.8. The Hall–Kier alpha value is -1.24. The molecule has 0 fully saturated rings. The Morgan fingerprint density at radius 2 is 2.24 bits per heavy atom. The van der Waals surface area contributed by atoms with Gasteiger partial charge in [-0.3, -0.25) is 0 Å². The van der Waals surface area contributed by atoms with Crippen LogP contribution in [0.2, 0.25) is 0 Å². The van der Waals surface area contributed by atoms with E-state index in [1.54, 1.807) is 19.2 Å². The fraction of sp³-hybridized carbons (Fsp3) is 0.400. The molecule has 0 saturated carbocycles. The van der Waals surface area contributed by atoms with Gasteiger partial charge in [0.15, 0.2) is 0 Å². The minimum absolute atomic E-state index is 0.204. The fourth-order valence-corrected chi connectivity index (χ4v) is 2.51. The number of aryl methyl sites for hydroxylation is 1. The van der Waals surface area contributed by atoms with Crippen LogP contribution in [0.25, 0.3) is 0 Å². The maximum absolute atomic E-state index is 13.9. The van der Waals surface area contributed by atoms with Crippen LogP contribution in [-0.2, 0) is 17.8 Å². The Bertz CT molecular complexity index is 601. The number of halogens is 2. The Morgan fingerprint density at radius 3 is 3.00 bits per heavy atom. The molecule has 21 heavy (non-hydrogen) atoms. The van der Waals surface area contributed by atoms with E-state index < -0.39 is 0 Å². The lowest BCUT2D eigenvalue weighted by atomic mass is 10.2. The van der Waals surface area contributed by atoms with Crippen molar-refractivity contribution in [2.24, 2.45) is 0 Å². The molecule has 0 radical (unpaired) electrons. The lowest BCUT2D eigenvalue weighted by Gasteiger charge is -2.12. The SMILES string of the molecule is COCCNCc1cnc(C)n1Cc1cc(Br)ccc1F. The molecule has 0 aliphatic rings. The van der Waals surface area contributed by atoms with Gasteiger partial charge in [0.05, 0.1) is 18.8 Å². The molecule has 0 unspecified atom stereocenters. The van der Waals surface area contributed by atoms with E-state index in [1.807, 2.05) is 17.7 Å². The van der Waals surface area contributed by atoms with Crippen molar-refractivity contribution >= 4 is 15.9 Å². The van der Waals surface area contributed by atoms with Crippen LogP contribution < -0.4 is 5.32 Å². The zero-order chi connectivity index (χ0) is 15.2. The zero-order valence-electron chi connectivity index (χ0n) is 12.2. The molecule has 0 aliphatic carbocycles. The average Bonchev–Trinajstić information content (AvgIpc) is 2.80. The van der Waals surface area contributed by atoms with Gasteiger partial charge in [-0.25, -0.2) is 9.37 Å². The van der Waals surface area contributed by atoms with E-state index in [0.717, 1.165) is 22.5 Å². The number of aromatic nitrogens is 2. The normalized spacial score (nSPS) is 11.0. The van der Waals surface area contributed by atoms with Gasteiger partial charge in [-0.2, -0.15) is 0 Å². The molecule has 1 aromatic heterocycles. The van der Waals surface area contributed by atoms with Crippen LogP contribution in [0.1, 0.15) is 17.1 Å². The van der Waals surface area contributed by atoms with E-state index in [2.05, 4.69) is 26.2 Å². The standard InChI is InChI=1S/C15H19BrFN3O/c1-11-19-9-14(8-18-5-6-21-2)20(11)10-12-7-13(16)3-4-15(12)17/h3-4,7,9,18H,5-6,8,10H2,1-2H3. The first-order chi connectivity index (χ1) is 10.1. The Morgan fingerprint density at radius 1 is 1.43 bits per heavy atom. The molecule has 6 heteroatoms. The minimum Gasteiger partial charge on any atom is -0.383 e. The van der Waals surface area contributed by atoms with Gasteiger partial charge < -0.3 is 14.6 Å². The molecule has 2 aromatic rings. The molecule has 1 N–H and O–H groups in total. The molecule has 0 atom stereocenters. The quantitative estimate of drug-likeness (QED) is 0.776. The first kappa shape index (κ1) is 16.1. The largest absolute Gasteiger partial charge is 0.383 e. The van der Waals surface area contributed by atoms with Crippen LogP contribution in [-0.4, -0.2) is 29.8 Å². The van der Waals surface area contributed by atoms with E-state index in [9.17, 15) is 4.39 Å². The number of nitrogens with zero attached hydrogens (tertiary/aromatic N) is 2. The smallest absolute Gasteiger partial charge is 0.128 e. The predicted molar refractivity (Wildman–Crippen MR) is 83.7 cm³/mol. The minimum atomic E-state index is -0.204. The van der Waals surface area contributed by atoms with Crippen LogP contribution >= 0.6 is 15.9 Å². The number of benzene rings is 1. The molecule has 0 aliphatic heterocycles. The molecule has 0 amide bonds. The van der Waals surface area contributed by atoms with Crippen molar-refractivity contribution in [1.82, 2.24) is 14.9 Å². The second-order valence-electron chi connectivity index (χ2n) is 4.79. The fourth-order valence-electron chi connectivity index (χ4n) is 2.10. The number of hydrogen-bond acceptors (Lipinski definition) is 3. The van der Waals surface area contributed by atoms with E-state index in [1.165, 1.54) is 6.07 Å². The number of methoxy groups -OCH3 is 1. The van der Waals surface area contributed by atoms with E-state index in [-0.39, 0.29) is 5.82 Å². The molecular weight excluding hydrogens is 337 g/mol. The Balaban J connectivity index is 2.12. The van der Waals surface area contributed by atoms with E-state index in [4.69, 9.17) is 4.74 Å². The third-order valence-corrected chi connectivity index (χ3v) is 3.76. The third kappa shape index (κ3) is 4.36. The average molecular weight is 356 g/mol. The summed E-state index contributed by atoms with van der Waals surface area (Å²) in [6.07, 6.45) is 1.82. The van der Waals surface area contributed by atoms with Gasteiger partial charge in [0, 0.05) is 36.4 Å². The monoisotopic (exact) mass is 355 g/mol. The Kier molecular flexibility index (Phi) is 5.90. The molecule has 1 heterocycles. The van der Waals surface area contributed by atoms with Gasteiger partial charge in [0.2, 0.25) is 0 Å². The number of hydrogen-bond donors (Lipinski definition) is 1. The second kappa shape index (κ2) is 7.68. The van der Waals surface area contributed by atoms with Crippen molar-refractivity contribution < 1.29 is 9.13 Å². The van der Waals surface area contributed by atoms with Gasteiger partial charge in [0.25, 0.3) is 0 Å². The maximum atomic E-state index is 13.9. The topological polar surface area (TPSA) is 39.1 Å². The molecule has 2 rings (SSSR count). The first-order valence-corrected chi connectivity index (χ1v) is 7.55. The van der Waals surface area contributed by atoms with Crippen LogP contribution in [0.5, 0.6) is 0 Å². The van der Waals surface area contributed by atoms with Crippen molar-refractivity contribution in [2.75, 3.05) is 20.3 Å². The van der Waals surface area contributed by atoms with E-state index in [0.29, 0.717) is 25.3 Å². The highest BCUT2D eigenvalue weighted by Gasteiger charge is 2.10. The van der Waals surface area contributed by atoms with Crippen LogP contribution in [0.3, 0.4) is 0 Å². The number of imidazole rings is 1. The molecule has 0 spiro atoms. The molecule has 4 nitrogen and oxygen atoms in total. The van der Waals surface area contributed by atoms with Gasteiger partial charge >= 0.3 is 0 Å². The summed E-state index contributed by atoms with van der Waals surface area (Å²) in [5.41, 5.74) is 1.67. The second-order valence-corrected chi connectivity index (χ2v) is 5.70. The molecule has 1 aromatic carbocycles. The maximum Gasteiger partial charge on any atom is 0.128 e. The Labute approximate surface area is 132 Å². The summed E-state index contributed by atoms with van der Waals surface area (Å²) in [7, 11) is 1.67. The summed E-state index contributed by atoms with van der Waals surface area (Å²) in [6, 6.07) is 4.98. The summed E-state index contributed by atoms with van der Waals surface area (Å²) in [6.45, 7) is 4.51. The van der Waals surface area contributed by atoms with Crippen LogP contribution in [0.15, 0.2) is 28.9 Å². The molecule has 0 bridgehead atoms. The number of ether oxygens (including phenoxy) is 1. The highest BCUT2D eigenvalue weighted by atomic mass is 79.9. The first-order valence-electron chi connectivity index (χ1n) is 6.76. The van der Waals surface area contributed by atoms with Gasteiger partial charge in [-0.1, -0.05) is 15.9 Å². The highest BCUT2D eigenvalue weighted by Crippen LogP contribution is 2.18. The number of rotatable bonds is 7. The van der Waals surface area contributed by atoms with Crippen molar-refractivity contribution in [3.63, 3.8) is 0 Å². The summed E-state index contributed by atoms with van der Waals surface area (Å²) in [5.74, 6) is 0.669. The van der Waals surface area contributed by atoms with Crippen molar-refractivity contribution in [3.05, 3.63) is 51.8 Å². The molecule has 114 valence electrons. The van der Waals surface area contributed by atoms with Crippen molar-refractivity contribution in [1.29, 1.82) is 0 Å². The van der Waals surface area contributed by atoms with Gasteiger partial charge in [-0.15, -0.1) is 0 Å². The third-order valence-electron chi connectivity index (χ3n) is 3.26. The van der Waals surface area contributed by atoms with Crippen LogP contribution in [0.4, 0.5) is 4.39 Å². The lowest BCUT2D eigenvalue weighted by Crippen LogP contribution is -2.21.